The van der Waals surface area contributed by atoms with Crippen LogP contribution >= 0.6 is 0 Å². The second-order valence-corrected chi connectivity index (χ2v) is 3.05. The lowest BCUT2D eigenvalue weighted by Crippen LogP contribution is -2.45. The zero-order valence-corrected chi connectivity index (χ0v) is 9.17. The average Bonchev–Trinajstić information content (AvgIpc) is 2.25. The first-order valence-electron chi connectivity index (χ1n) is 4.49. The summed E-state index contributed by atoms with van der Waals surface area (Å²) in [4.78, 5) is 25.1. The molecule has 0 saturated carbocycles. The highest BCUT2D eigenvalue weighted by Crippen LogP contribution is 2.20. The fourth-order valence-electron chi connectivity index (χ4n) is 1.20. The molecule has 0 unspecified atom stereocenters. The van der Waals surface area contributed by atoms with Crippen LogP contribution in [-0.4, -0.2) is 34.5 Å². The van der Waals surface area contributed by atoms with E-state index in [2.05, 4.69) is 4.98 Å². The van der Waals surface area contributed by atoms with Gasteiger partial charge in [0.15, 0.2) is 0 Å². The molecule has 2 amide bonds. The first-order valence-corrected chi connectivity index (χ1v) is 4.49. The van der Waals surface area contributed by atoms with Crippen molar-refractivity contribution in [2.45, 2.75) is 6.92 Å². The number of amides is 2. The van der Waals surface area contributed by atoms with Gasteiger partial charge in [-0.2, -0.15) is 5.01 Å². The zero-order valence-electron chi connectivity index (χ0n) is 9.17. The highest BCUT2D eigenvalue weighted by molar-refractivity contribution is 5.88. The molecule has 8 heteroatoms. The Labute approximate surface area is 96.4 Å². The summed E-state index contributed by atoms with van der Waals surface area (Å²) in [5.41, 5.74) is 2.40. The van der Waals surface area contributed by atoms with E-state index in [0.29, 0.717) is 16.5 Å². The highest BCUT2D eigenvalue weighted by atomic mass is 16.5. The maximum atomic E-state index is 10.8. The number of ether oxygens (including phenoxy) is 1. The summed E-state index contributed by atoms with van der Waals surface area (Å²) in [6, 6.07) is 1.44. The van der Waals surface area contributed by atoms with Crippen LogP contribution in [0.3, 0.4) is 0 Å². The van der Waals surface area contributed by atoms with Crippen molar-refractivity contribution in [3.05, 3.63) is 17.8 Å². The number of hydrogen-bond acceptors (Lipinski definition) is 4. The zero-order chi connectivity index (χ0) is 13.0. The molecule has 0 saturated heterocycles. The van der Waals surface area contributed by atoms with Crippen LogP contribution in [0.15, 0.2) is 12.3 Å². The first kappa shape index (κ1) is 12.6. The van der Waals surface area contributed by atoms with Crippen molar-refractivity contribution in [1.29, 1.82) is 0 Å². The monoisotopic (exact) mass is 241 g/mol. The van der Waals surface area contributed by atoms with Gasteiger partial charge >= 0.3 is 12.2 Å². The number of carboxylic acid groups (broad SMARTS) is 2. The average molecular weight is 241 g/mol. The predicted octanol–water partition coefficient (Wildman–Crippen LogP) is 1.07. The molecule has 0 fully saturated rings. The normalized spacial score (nSPS) is 9.53. The number of aryl methyl sites for hydroxylation is 1. The minimum absolute atomic E-state index is 0.0817. The highest BCUT2D eigenvalue weighted by Gasteiger charge is 2.18. The van der Waals surface area contributed by atoms with Gasteiger partial charge in [0.25, 0.3) is 0 Å². The van der Waals surface area contributed by atoms with Gasteiger partial charge in [-0.15, -0.1) is 0 Å². The molecular weight excluding hydrogens is 230 g/mol. The smallest absolute Gasteiger partial charge is 0.431 e. The van der Waals surface area contributed by atoms with Gasteiger partial charge < -0.3 is 14.9 Å². The first-order chi connectivity index (χ1) is 7.95. The third-order valence-corrected chi connectivity index (χ3v) is 1.87. The van der Waals surface area contributed by atoms with E-state index in [-0.39, 0.29) is 5.69 Å². The van der Waals surface area contributed by atoms with Crippen molar-refractivity contribution >= 4 is 17.9 Å². The van der Waals surface area contributed by atoms with Crippen LogP contribution in [0.1, 0.15) is 5.56 Å². The van der Waals surface area contributed by atoms with Crippen LogP contribution in [0, 0.1) is 6.92 Å². The standard InChI is InChI=1S/C9H11N3O5/c1-5-3-6(4-10-7(5)17-2)12(9(15)16)11-8(13)14/h3-4,11H,1-2H3,(H,13,14)(H,15,16). The van der Waals surface area contributed by atoms with Crippen LogP contribution in [0.25, 0.3) is 0 Å². The maximum absolute atomic E-state index is 10.8. The van der Waals surface area contributed by atoms with Gasteiger partial charge in [0.05, 0.1) is 19.0 Å². The van der Waals surface area contributed by atoms with E-state index in [1.54, 1.807) is 12.3 Å². The second kappa shape index (κ2) is 5.01. The van der Waals surface area contributed by atoms with Gasteiger partial charge in [0.1, 0.15) is 0 Å². The summed E-state index contributed by atoms with van der Waals surface area (Å²) >= 11 is 0. The van der Waals surface area contributed by atoms with E-state index in [1.807, 2.05) is 0 Å². The van der Waals surface area contributed by atoms with Gasteiger partial charge in [0.2, 0.25) is 5.88 Å². The second-order valence-electron chi connectivity index (χ2n) is 3.05. The minimum atomic E-state index is -1.49. The molecule has 1 aromatic heterocycles. The molecule has 0 aliphatic heterocycles. The number of pyridine rings is 1. The number of aromatic nitrogens is 1. The fraction of sp³-hybridized carbons (Fsp3) is 0.222. The Morgan fingerprint density at radius 3 is 2.53 bits per heavy atom. The number of carbonyl (C=O) groups is 2. The molecule has 0 aliphatic carbocycles. The molecule has 0 spiro atoms. The number of nitrogens with one attached hydrogen (secondary N) is 1. The molecule has 0 aliphatic rings. The summed E-state index contributed by atoms with van der Waals surface area (Å²) in [5.74, 6) is 0.342. The Bertz CT molecular complexity index is 448. The Balaban J connectivity index is 3.06. The molecule has 17 heavy (non-hydrogen) atoms. The lowest BCUT2D eigenvalue weighted by atomic mass is 10.3. The number of hydrogen-bond donors (Lipinski definition) is 3. The molecule has 3 N–H and O–H groups in total. The van der Waals surface area contributed by atoms with Gasteiger partial charge in [-0.1, -0.05) is 0 Å². The third kappa shape index (κ3) is 2.97. The van der Waals surface area contributed by atoms with Crippen LogP contribution in [0.2, 0.25) is 0 Å². The van der Waals surface area contributed by atoms with Crippen molar-refractivity contribution in [3.8, 4) is 5.88 Å². The van der Waals surface area contributed by atoms with Crippen molar-refractivity contribution < 1.29 is 24.5 Å². The molecule has 0 bridgehead atoms. The summed E-state index contributed by atoms with van der Waals surface area (Å²) in [7, 11) is 1.43. The summed E-state index contributed by atoms with van der Waals surface area (Å²) in [5, 5.41) is 17.8. The molecule has 1 heterocycles. The molecular formula is C9H11N3O5. The molecule has 1 rings (SSSR count). The van der Waals surface area contributed by atoms with Gasteiger partial charge in [-0.05, 0) is 13.0 Å². The number of methoxy groups -OCH3 is 1. The number of anilines is 1. The number of rotatable bonds is 2. The Morgan fingerprint density at radius 1 is 1.47 bits per heavy atom. The van der Waals surface area contributed by atoms with Crippen molar-refractivity contribution in [2.24, 2.45) is 0 Å². The van der Waals surface area contributed by atoms with Gasteiger partial charge in [0, 0.05) is 5.56 Å². The summed E-state index contributed by atoms with van der Waals surface area (Å²) in [6.07, 6.45) is -1.75. The van der Waals surface area contributed by atoms with Crippen LogP contribution in [-0.2, 0) is 0 Å². The van der Waals surface area contributed by atoms with E-state index in [9.17, 15) is 9.59 Å². The molecule has 0 atom stereocenters. The van der Waals surface area contributed by atoms with Crippen molar-refractivity contribution in [3.63, 3.8) is 0 Å². The molecule has 92 valence electrons. The third-order valence-electron chi connectivity index (χ3n) is 1.87. The SMILES string of the molecule is COc1ncc(N(NC(=O)O)C(=O)O)cc1C. The molecule has 0 aromatic carbocycles. The maximum Gasteiger partial charge on any atom is 0.431 e. The Morgan fingerprint density at radius 2 is 2.12 bits per heavy atom. The predicted molar refractivity (Wildman–Crippen MR) is 57.2 cm³/mol. The van der Waals surface area contributed by atoms with E-state index >= 15 is 0 Å². The fourth-order valence-corrected chi connectivity index (χ4v) is 1.20. The molecule has 8 nitrogen and oxygen atoms in total. The lowest BCUT2D eigenvalue weighted by Gasteiger charge is -2.18. The van der Waals surface area contributed by atoms with Crippen molar-refractivity contribution in [1.82, 2.24) is 10.4 Å². The summed E-state index contributed by atoms with van der Waals surface area (Å²) in [6.45, 7) is 1.66. The Kier molecular flexibility index (Phi) is 3.70. The van der Waals surface area contributed by atoms with Crippen LogP contribution in [0.4, 0.5) is 15.3 Å². The summed E-state index contributed by atoms with van der Waals surface area (Å²) < 4.78 is 4.91. The van der Waals surface area contributed by atoms with E-state index in [4.69, 9.17) is 14.9 Å². The molecule has 0 radical (unpaired) electrons. The number of hydrazine groups is 1. The van der Waals surface area contributed by atoms with Gasteiger partial charge in [-0.25, -0.2) is 20.0 Å². The van der Waals surface area contributed by atoms with Crippen LogP contribution in [0.5, 0.6) is 5.88 Å². The quantitative estimate of drug-likeness (QED) is 0.667. The van der Waals surface area contributed by atoms with E-state index in [0.717, 1.165) is 0 Å². The number of nitrogens with zero attached hydrogens (tertiary/aromatic N) is 2. The Hall–Kier alpha value is -2.51. The van der Waals surface area contributed by atoms with E-state index in [1.165, 1.54) is 19.4 Å². The lowest BCUT2D eigenvalue weighted by molar-refractivity contribution is 0.181. The largest absolute Gasteiger partial charge is 0.481 e. The molecule has 1 aromatic rings. The minimum Gasteiger partial charge on any atom is -0.481 e. The van der Waals surface area contributed by atoms with Gasteiger partial charge in [-0.3, -0.25) is 0 Å². The van der Waals surface area contributed by atoms with Crippen LogP contribution < -0.4 is 15.2 Å². The van der Waals surface area contributed by atoms with E-state index < -0.39 is 12.2 Å². The topological polar surface area (TPSA) is 112 Å². The van der Waals surface area contributed by atoms with Crippen molar-refractivity contribution in [2.75, 3.05) is 12.1 Å².